The molecule has 0 saturated heterocycles. The number of aromatic nitrogens is 3. The van der Waals surface area contributed by atoms with E-state index in [4.69, 9.17) is 19.4 Å². The average molecular weight is 778 g/mol. The van der Waals surface area contributed by atoms with Crippen LogP contribution in [0, 0.1) is 0 Å². The van der Waals surface area contributed by atoms with Crippen LogP contribution in [0.5, 0.6) is 0 Å². The first-order chi connectivity index (χ1) is 30.2. The number of furan rings is 1. The first-order valence-corrected chi connectivity index (χ1v) is 20.6. The van der Waals surface area contributed by atoms with Crippen molar-refractivity contribution in [1.29, 1.82) is 0 Å². The molecular formula is C57H35N3O. The van der Waals surface area contributed by atoms with Gasteiger partial charge >= 0.3 is 0 Å². The van der Waals surface area contributed by atoms with Gasteiger partial charge in [-0.25, -0.2) is 15.0 Å². The van der Waals surface area contributed by atoms with Crippen LogP contribution >= 0.6 is 0 Å². The van der Waals surface area contributed by atoms with Crippen LogP contribution in [0.15, 0.2) is 217 Å². The third kappa shape index (κ3) is 6.04. The normalized spacial score (nSPS) is 11.6. The monoisotopic (exact) mass is 777 g/mol. The zero-order valence-corrected chi connectivity index (χ0v) is 33.0. The second-order valence-corrected chi connectivity index (χ2v) is 15.5. The van der Waals surface area contributed by atoms with E-state index in [-0.39, 0.29) is 0 Å². The lowest BCUT2D eigenvalue weighted by molar-refractivity contribution is 0.669. The quantitative estimate of drug-likeness (QED) is 0.158. The van der Waals surface area contributed by atoms with Crippen molar-refractivity contribution in [3.8, 4) is 67.4 Å². The van der Waals surface area contributed by atoms with E-state index in [9.17, 15) is 0 Å². The zero-order valence-electron chi connectivity index (χ0n) is 33.0. The van der Waals surface area contributed by atoms with Gasteiger partial charge in [0.15, 0.2) is 11.4 Å². The maximum absolute atomic E-state index is 6.70. The van der Waals surface area contributed by atoms with Crippen LogP contribution in [0.4, 0.5) is 0 Å². The van der Waals surface area contributed by atoms with Crippen molar-refractivity contribution in [2.24, 2.45) is 0 Å². The molecule has 0 radical (unpaired) electrons. The molecule has 4 heteroatoms. The van der Waals surface area contributed by atoms with Crippen molar-refractivity contribution in [3.63, 3.8) is 0 Å². The molecular weight excluding hydrogens is 743 g/mol. The van der Waals surface area contributed by atoms with Crippen LogP contribution in [0.25, 0.3) is 122 Å². The van der Waals surface area contributed by atoms with Gasteiger partial charge in [-0.05, 0) is 74.1 Å². The summed E-state index contributed by atoms with van der Waals surface area (Å²) < 4.78 is 6.70. The molecule has 3 aromatic heterocycles. The van der Waals surface area contributed by atoms with E-state index in [0.717, 1.165) is 99.8 Å². The molecule has 0 aliphatic rings. The van der Waals surface area contributed by atoms with Crippen molar-refractivity contribution in [3.05, 3.63) is 212 Å². The number of pyridine rings is 1. The third-order valence-corrected chi connectivity index (χ3v) is 11.9. The van der Waals surface area contributed by atoms with E-state index >= 15 is 0 Å². The summed E-state index contributed by atoms with van der Waals surface area (Å²) in [6.45, 7) is 0. The summed E-state index contributed by atoms with van der Waals surface area (Å²) in [5.74, 6) is 0.694. The van der Waals surface area contributed by atoms with Gasteiger partial charge in [0.2, 0.25) is 0 Å². The van der Waals surface area contributed by atoms with Crippen molar-refractivity contribution in [1.82, 2.24) is 15.0 Å². The van der Waals surface area contributed by atoms with Crippen molar-refractivity contribution in [2.45, 2.75) is 0 Å². The molecule has 0 saturated carbocycles. The highest BCUT2D eigenvalue weighted by molar-refractivity contribution is 6.23. The molecule has 0 bridgehead atoms. The highest BCUT2D eigenvalue weighted by Gasteiger charge is 2.21. The Morgan fingerprint density at radius 1 is 0.328 bits per heavy atom. The minimum Gasteiger partial charge on any atom is -0.454 e. The van der Waals surface area contributed by atoms with Gasteiger partial charge in [-0.3, -0.25) is 0 Å². The summed E-state index contributed by atoms with van der Waals surface area (Å²) >= 11 is 0. The Hall–Kier alpha value is -8.21. The molecule has 3 heterocycles. The topological polar surface area (TPSA) is 51.8 Å². The molecule has 9 aromatic carbocycles. The van der Waals surface area contributed by atoms with Gasteiger partial charge in [0, 0.05) is 38.4 Å². The Bertz CT molecular complexity index is 3570. The molecule has 0 aliphatic carbocycles. The van der Waals surface area contributed by atoms with Crippen LogP contribution in [0.1, 0.15) is 0 Å². The lowest BCUT2D eigenvalue weighted by atomic mass is 9.93. The van der Waals surface area contributed by atoms with Crippen LogP contribution in [-0.2, 0) is 0 Å². The summed E-state index contributed by atoms with van der Waals surface area (Å²) in [5.41, 5.74) is 13.8. The number of rotatable bonds is 6. The van der Waals surface area contributed by atoms with E-state index in [2.05, 4.69) is 164 Å². The first-order valence-electron chi connectivity index (χ1n) is 20.6. The first kappa shape index (κ1) is 34.8. The molecule has 0 atom stereocenters. The summed E-state index contributed by atoms with van der Waals surface area (Å²) in [4.78, 5) is 15.6. The van der Waals surface area contributed by atoms with Gasteiger partial charge in [-0.15, -0.1) is 0 Å². The lowest BCUT2D eigenvalue weighted by Crippen LogP contribution is -1.95. The third-order valence-electron chi connectivity index (χ3n) is 11.9. The molecule has 0 unspecified atom stereocenters. The van der Waals surface area contributed by atoms with Gasteiger partial charge < -0.3 is 4.42 Å². The highest BCUT2D eigenvalue weighted by Crippen LogP contribution is 2.43. The van der Waals surface area contributed by atoms with Crippen molar-refractivity contribution >= 4 is 54.4 Å². The second kappa shape index (κ2) is 14.3. The molecule has 61 heavy (non-hydrogen) atoms. The van der Waals surface area contributed by atoms with Gasteiger partial charge in [-0.1, -0.05) is 182 Å². The van der Waals surface area contributed by atoms with Crippen molar-refractivity contribution < 1.29 is 4.42 Å². The predicted molar refractivity (Wildman–Crippen MR) is 252 cm³/mol. The van der Waals surface area contributed by atoms with E-state index in [1.54, 1.807) is 0 Å². The van der Waals surface area contributed by atoms with Gasteiger partial charge in [0.1, 0.15) is 11.3 Å². The van der Waals surface area contributed by atoms with Crippen LogP contribution in [0.3, 0.4) is 0 Å². The molecule has 0 aliphatic heterocycles. The summed E-state index contributed by atoms with van der Waals surface area (Å²) in [6.07, 6.45) is 0. The van der Waals surface area contributed by atoms with E-state index < -0.39 is 0 Å². The zero-order chi connectivity index (χ0) is 40.3. The number of hydrogen-bond donors (Lipinski definition) is 0. The van der Waals surface area contributed by atoms with Crippen LogP contribution in [0.2, 0.25) is 0 Å². The average Bonchev–Trinajstić information content (AvgIpc) is 3.74. The van der Waals surface area contributed by atoms with Crippen molar-refractivity contribution in [2.75, 3.05) is 0 Å². The Morgan fingerprint density at radius 3 is 1.62 bits per heavy atom. The maximum atomic E-state index is 6.70. The molecule has 0 spiro atoms. The Balaban J connectivity index is 0.955. The Labute approximate surface area is 352 Å². The van der Waals surface area contributed by atoms with Gasteiger partial charge in [0.05, 0.1) is 16.9 Å². The number of benzene rings is 9. The summed E-state index contributed by atoms with van der Waals surface area (Å²) in [6, 6.07) is 74.4. The molecule has 4 nitrogen and oxygen atoms in total. The lowest BCUT2D eigenvalue weighted by Gasteiger charge is -2.13. The fourth-order valence-electron chi connectivity index (χ4n) is 8.88. The smallest absolute Gasteiger partial charge is 0.162 e. The van der Waals surface area contributed by atoms with Crippen LogP contribution in [-0.4, -0.2) is 15.0 Å². The van der Waals surface area contributed by atoms with Gasteiger partial charge in [-0.2, -0.15) is 0 Å². The molecule has 0 N–H and O–H groups in total. The fraction of sp³-hybridized carbons (Fsp3) is 0. The van der Waals surface area contributed by atoms with E-state index in [1.807, 2.05) is 48.5 Å². The predicted octanol–water partition coefficient (Wildman–Crippen LogP) is 15.2. The van der Waals surface area contributed by atoms with E-state index in [1.165, 1.54) is 16.2 Å². The molecule has 12 rings (SSSR count). The Morgan fingerprint density at radius 2 is 0.885 bits per heavy atom. The number of fused-ring (bicyclic) bond motifs is 8. The van der Waals surface area contributed by atoms with E-state index in [0.29, 0.717) is 5.82 Å². The number of para-hydroxylation sites is 1. The molecule has 0 amide bonds. The largest absolute Gasteiger partial charge is 0.454 e. The van der Waals surface area contributed by atoms with Crippen LogP contribution < -0.4 is 0 Å². The molecule has 12 aromatic rings. The number of hydrogen-bond acceptors (Lipinski definition) is 4. The highest BCUT2D eigenvalue weighted by atomic mass is 16.3. The minimum absolute atomic E-state index is 0.694. The molecule has 0 fully saturated rings. The molecule has 284 valence electrons. The maximum Gasteiger partial charge on any atom is 0.162 e. The number of nitrogens with zero attached hydrogens (tertiary/aromatic N) is 3. The fourth-order valence-corrected chi connectivity index (χ4v) is 8.88. The summed E-state index contributed by atoms with van der Waals surface area (Å²) in [7, 11) is 0. The Kier molecular flexibility index (Phi) is 8.13. The SMILES string of the molecule is c1ccc(-c2cc(-c3ccccc3)nc(-c3ccc(-c4cccc(-c5ccc6c(c5)nc(-c5cc7ccccc7c7ccccc57)c5oc7ccccc7c56)c4)cc3)n2)cc1. The minimum atomic E-state index is 0.694. The summed E-state index contributed by atoms with van der Waals surface area (Å²) in [5, 5.41) is 7.99. The second-order valence-electron chi connectivity index (χ2n) is 15.5. The van der Waals surface area contributed by atoms with Gasteiger partial charge in [0.25, 0.3) is 0 Å². The standard InChI is InChI=1S/C57H35N3O/c1-3-14-37(15-4-1)50-35-51(38-16-5-2-6-17-38)60-57(59-50)39-28-26-36(27-29-39)40-19-13-20-41(32-40)42-30-31-47-52(34-42)58-55(56-54(47)48-24-11-12-25-53(48)61-56)49-33-43-18-7-8-21-44(43)45-22-9-10-23-46(45)49/h1-35H.